The number of nitrogens with zero attached hydrogens (tertiary/aromatic N) is 2. The molecular weight excluding hydrogens is 257 g/mol. The molecule has 1 aromatic rings. The smallest absolute Gasteiger partial charge is 0.245 e. The average molecular weight is 271 g/mol. The number of aryl methyl sites for hydroxylation is 1. The Morgan fingerprint density at radius 3 is 2.67 bits per heavy atom. The Morgan fingerprint density at radius 2 is 2.11 bits per heavy atom. The van der Waals surface area contributed by atoms with Crippen LogP contribution in [0.15, 0.2) is 17.0 Å². The molecule has 0 aliphatic carbocycles. The maximum Gasteiger partial charge on any atom is 0.245 e. The lowest BCUT2D eigenvalue weighted by molar-refractivity contribution is 0.468. The maximum atomic E-state index is 13.8. The molecule has 0 fully saturated rings. The lowest BCUT2D eigenvalue weighted by atomic mass is 10.2. The minimum Gasteiger partial charge on any atom is -0.399 e. The predicted molar refractivity (Wildman–Crippen MR) is 65.6 cm³/mol. The highest BCUT2D eigenvalue weighted by atomic mass is 32.2. The van der Waals surface area contributed by atoms with Gasteiger partial charge >= 0.3 is 0 Å². The molecule has 0 saturated heterocycles. The average Bonchev–Trinajstić information content (AvgIpc) is 2.30. The quantitative estimate of drug-likeness (QED) is 0.835. The van der Waals surface area contributed by atoms with E-state index in [0.717, 1.165) is 10.4 Å². The molecular formula is C11H14FN3O2S. The van der Waals surface area contributed by atoms with E-state index in [4.69, 9.17) is 11.0 Å². The summed E-state index contributed by atoms with van der Waals surface area (Å²) in [5.74, 6) is -0.812. The fourth-order valence-electron chi connectivity index (χ4n) is 1.45. The molecule has 0 unspecified atom stereocenters. The van der Waals surface area contributed by atoms with E-state index in [1.165, 1.54) is 20.0 Å². The molecule has 0 radical (unpaired) electrons. The number of anilines is 1. The highest BCUT2D eigenvalue weighted by Gasteiger charge is 2.25. The number of nitrogens with two attached hydrogens (primary N) is 1. The second-order valence-corrected chi connectivity index (χ2v) is 5.90. The number of halogens is 1. The van der Waals surface area contributed by atoms with Crippen molar-refractivity contribution in [3.63, 3.8) is 0 Å². The first kappa shape index (κ1) is 14.4. The zero-order chi connectivity index (χ0) is 13.9. The summed E-state index contributed by atoms with van der Waals surface area (Å²) < 4.78 is 38.9. The fraction of sp³-hybridized carbons (Fsp3) is 0.364. The molecule has 0 spiro atoms. The van der Waals surface area contributed by atoms with Crippen molar-refractivity contribution in [2.24, 2.45) is 0 Å². The van der Waals surface area contributed by atoms with Crippen molar-refractivity contribution in [2.45, 2.75) is 18.2 Å². The standard InChI is InChI=1S/C11H14FN3O2S/c1-8-6-9(14)7-10(11(8)12)18(16,17)15(2)5-3-4-13/h6-7H,3,5,14H2,1-2H3. The van der Waals surface area contributed by atoms with Gasteiger partial charge in [-0.25, -0.2) is 12.8 Å². The van der Waals surface area contributed by atoms with Gasteiger partial charge in [-0.05, 0) is 24.6 Å². The molecule has 98 valence electrons. The van der Waals surface area contributed by atoms with Crippen LogP contribution in [0.1, 0.15) is 12.0 Å². The zero-order valence-electron chi connectivity index (χ0n) is 10.1. The highest BCUT2D eigenvalue weighted by Crippen LogP contribution is 2.24. The van der Waals surface area contributed by atoms with E-state index in [1.54, 1.807) is 0 Å². The summed E-state index contributed by atoms with van der Waals surface area (Å²) in [4.78, 5) is -0.458. The number of benzene rings is 1. The third kappa shape index (κ3) is 2.78. The van der Waals surface area contributed by atoms with Crippen molar-refractivity contribution < 1.29 is 12.8 Å². The maximum absolute atomic E-state index is 13.8. The van der Waals surface area contributed by atoms with Gasteiger partial charge < -0.3 is 5.73 Å². The topological polar surface area (TPSA) is 87.2 Å². The van der Waals surface area contributed by atoms with Gasteiger partial charge in [-0.2, -0.15) is 9.57 Å². The van der Waals surface area contributed by atoms with Crippen molar-refractivity contribution in [3.05, 3.63) is 23.5 Å². The summed E-state index contributed by atoms with van der Waals surface area (Å²) in [6.07, 6.45) is 0.0403. The minimum atomic E-state index is -3.96. The lowest BCUT2D eigenvalue weighted by Gasteiger charge is -2.17. The molecule has 2 N–H and O–H groups in total. The number of rotatable bonds is 4. The molecule has 0 atom stereocenters. The van der Waals surface area contributed by atoms with Gasteiger partial charge in [-0.3, -0.25) is 0 Å². The molecule has 18 heavy (non-hydrogen) atoms. The Balaban J connectivity index is 3.25. The van der Waals surface area contributed by atoms with E-state index >= 15 is 0 Å². The largest absolute Gasteiger partial charge is 0.399 e. The van der Waals surface area contributed by atoms with Crippen molar-refractivity contribution >= 4 is 15.7 Å². The van der Waals surface area contributed by atoms with Gasteiger partial charge in [0.25, 0.3) is 0 Å². The minimum absolute atomic E-state index is 0.00607. The van der Waals surface area contributed by atoms with Gasteiger partial charge in [-0.15, -0.1) is 0 Å². The monoisotopic (exact) mass is 271 g/mol. The first-order valence-electron chi connectivity index (χ1n) is 5.19. The number of nitriles is 1. The van der Waals surface area contributed by atoms with Gasteiger partial charge in [0.15, 0.2) is 0 Å². The Morgan fingerprint density at radius 1 is 1.50 bits per heavy atom. The van der Waals surface area contributed by atoms with Gasteiger partial charge in [0.1, 0.15) is 10.7 Å². The van der Waals surface area contributed by atoms with Crippen LogP contribution in [-0.2, 0) is 10.0 Å². The molecule has 7 heteroatoms. The summed E-state index contributed by atoms with van der Waals surface area (Å²) in [5.41, 5.74) is 5.87. The van der Waals surface area contributed by atoms with Crippen LogP contribution < -0.4 is 5.73 Å². The third-order valence-electron chi connectivity index (χ3n) is 2.47. The molecule has 0 amide bonds. The van der Waals surface area contributed by atoms with Crippen LogP contribution >= 0.6 is 0 Å². The molecule has 0 aliphatic heterocycles. The molecule has 1 rings (SSSR count). The Hall–Kier alpha value is -1.65. The van der Waals surface area contributed by atoms with Gasteiger partial charge in [0, 0.05) is 25.7 Å². The molecule has 0 heterocycles. The summed E-state index contributed by atoms with van der Waals surface area (Å²) in [5, 5.41) is 8.43. The highest BCUT2D eigenvalue weighted by molar-refractivity contribution is 7.89. The van der Waals surface area contributed by atoms with Crippen LogP contribution in [0.2, 0.25) is 0 Å². The Bertz CT molecular complexity index is 593. The van der Waals surface area contributed by atoms with Crippen LogP contribution in [0.3, 0.4) is 0 Å². The van der Waals surface area contributed by atoms with Crippen LogP contribution in [0.4, 0.5) is 10.1 Å². The third-order valence-corrected chi connectivity index (χ3v) is 4.33. The normalized spacial score (nSPS) is 11.5. The molecule has 1 aromatic carbocycles. The molecule has 0 bridgehead atoms. The Kier molecular flexibility index (Phi) is 4.27. The van der Waals surface area contributed by atoms with Gasteiger partial charge in [0.2, 0.25) is 10.0 Å². The number of hydrogen-bond acceptors (Lipinski definition) is 4. The van der Waals surface area contributed by atoms with Crippen molar-refractivity contribution in [2.75, 3.05) is 19.3 Å². The lowest BCUT2D eigenvalue weighted by Crippen LogP contribution is -2.28. The van der Waals surface area contributed by atoms with Crippen LogP contribution in [0, 0.1) is 24.1 Å². The first-order chi connectivity index (χ1) is 8.30. The molecule has 5 nitrogen and oxygen atoms in total. The van der Waals surface area contributed by atoms with Gasteiger partial charge in [0.05, 0.1) is 6.07 Å². The van der Waals surface area contributed by atoms with Crippen molar-refractivity contribution in [1.29, 1.82) is 5.26 Å². The number of sulfonamides is 1. The first-order valence-corrected chi connectivity index (χ1v) is 6.63. The van der Waals surface area contributed by atoms with E-state index in [9.17, 15) is 12.8 Å². The van der Waals surface area contributed by atoms with Crippen LogP contribution in [-0.4, -0.2) is 26.3 Å². The van der Waals surface area contributed by atoms with E-state index in [0.29, 0.717) is 0 Å². The van der Waals surface area contributed by atoms with Gasteiger partial charge in [-0.1, -0.05) is 0 Å². The van der Waals surface area contributed by atoms with Crippen molar-refractivity contribution in [3.8, 4) is 6.07 Å². The fourth-order valence-corrected chi connectivity index (χ4v) is 2.79. The van der Waals surface area contributed by atoms with Crippen LogP contribution in [0.25, 0.3) is 0 Å². The summed E-state index contributed by atoms with van der Waals surface area (Å²) >= 11 is 0. The van der Waals surface area contributed by atoms with Crippen LogP contribution in [0.5, 0.6) is 0 Å². The second-order valence-electron chi connectivity index (χ2n) is 3.88. The van der Waals surface area contributed by atoms with E-state index < -0.39 is 20.7 Å². The molecule has 0 saturated carbocycles. The number of hydrogen-bond donors (Lipinski definition) is 1. The van der Waals surface area contributed by atoms with E-state index in [2.05, 4.69) is 0 Å². The predicted octanol–water partition coefficient (Wildman–Crippen LogP) is 1.25. The summed E-state index contributed by atoms with van der Waals surface area (Å²) in [6.45, 7) is 1.45. The second kappa shape index (κ2) is 5.33. The summed E-state index contributed by atoms with van der Waals surface area (Å²) in [7, 11) is -2.66. The summed E-state index contributed by atoms with van der Waals surface area (Å²) in [6, 6.07) is 4.28. The van der Waals surface area contributed by atoms with Crippen molar-refractivity contribution in [1.82, 2.24) is 4.31 Å². The zero-order valence-corrected chi connectivity index (χ0v) is 11.0. The molecule has 0 aromatic heterocycles. The molecule has 0 aliphatic rings. The Labute approximate surface area is 106 Å². The van der Waals surface area contributed by atoms with E-state index in [-0.39, 0.29) is 24.2 Å². The number of nitrogen functional groups attached to an aromatic ring is 1. The van der Waals surface area contributed by atoms with E-state index in [1.807, 2.05) is 6.07 Å². The SMILES string of the molecule is Cc1cc(N)cc(S(=O)(=O)N(C)CCC#N)c1F.